The third kappa shape index (κ3) is 4.59. The molecule has 0 fully saturated rings. The van der Waals surface area contributed by atoms with Gasteiger partial charge in [-0.15, -0.1) is 0 Å². The van der Waals surface area contributed by atoms with E-state index in [9.17, 15) is 27.6 Å². The highest BCUT2D eigenvalue weighted by Gasteiger charge is 2.31. The van der Waals surface area contributed by atoms with Crippen LogP contribution in [0.1, 0.15) is 11.4 Å². The van der Waals surface area contributed by atoms with Crippen LogP contribution in [-0.4, -0.2) is 30.8 Å². The molecule has 8 nitrogen and oxygen atoms in total. The van der Waals surface area contributed by atoms with Crippen molar-refractivity contribution in [3.8, 4) is 0 Å². The number of benzene rings is 1. The zero-order valence-corrected chi connectivity index (χ0v) is 17.9. The predicted octanol–water partition coefficient (Wildman–Crippen LogP) is 2.74. The Kier molecular flexibility index (Phi) is 6.14. The lowest BCUT2D eigenvalue weighted by molar-refractivity contribution is -0.137. The second kappa shape index (κ2) is 8.35. The number of halogens is 4. The molecule has 164 valence electrons. The number of aromatic nitrogens is 4. The van der Waals surface area contributed by atoms with Crippen LogP contribution >= 0.6 is 23.4 Å². The van der Waals surface area contributed by atoms with Crippen LogP contribution in [0.15, 0.2) is 32.8 Å². The van der Waals surface area contributed by atoms with Crippen LogP contribution < -0.4 is 16.6 Å². The average Bonchev–Trinajstić information content (AvgIpc) is 2.69. The number of hydrogen-bond donors (Lipinski definition) is 1. The van der Waals surface area contributed by atoms with E-state index in [-0.39, 0.29) is 38.3 Å². The Balaban J connectivity index is 1.90. The molecule has 0 bridgehead atoms. The Morgan fingerprint density at radius 3 is 2.52 bits per heavy atom. The maximum atomic E-state index is 12.9. The van der Waals surface area contributed by atoms with Gasteiger partial charge in [0.2, 0.25) is 5.91 Å². The minimum absolute atomic E-state index is 0.0569. The summed E-state index contributed by atoms with van der Waals surface area (Å²) < 4.78 is 40.8. The number of nitrogens with zero attached hydrogens (tertiary/aromatic N) is 4. The molecule has 0 saturated carbocycles. The van der Waals surface area contributed by atoms with Crippen LogP contribution in [0.4, 0.5) is 18.9 Å². The van der Waals surface area contributed by atoms with Crippen molar-refractivity contribution in [3.63, 3.8) is 0 Å². The zero-order chi connectivity index (χ0) is 23.1. The summed E-state index contributed by atoms with van der Waals surface area (Å²) in [6, 6.07) is 2.59. The van der Waals surface area contributed by atoms with Gasteiger partial charge in [0.15, 0.2) is 5.65 Å². The molecule has 2 aromatic heterocycles. The largest absolute Gasteiger partial charge is 0.416 e. The van der Waals surface area contributed by atoms with E-state index in [0.717, 1.165) is 34.5 Å². The molecule has 0 aliphatic heterocycles. The van der Waals surface area contributed by atoms with E-state index < -0.39 is 28.9 Å². The first-order valence-electron chi connectivity index (χ1n) is 8.64. The van der Waals surface area contributed by atoms with E-state index in [1.807, 2.05) is 0 Å². The molecule has 1 amide bonds. The fourth-order valence-electron chi connectivity index (χ4n) is 2.75. The molecule has 1 N–H and O–H groups in total. The third-order valence-corrected chi connectivity index (χ3v) is 5.59. The van der Waals surface area contributed by atoms with E-state index in [1.54, 1.807) is 6.92 Å². The quantitative estimate of drug-likeness (QED) is 0.462. The molecule has 0 saturated heterocycles. The summed E-state index contributed by atoms with van der Waals surface area (Å²) in [5.41, 5.74) is -2.22. The lowest BCUT2D eigenvalue weighted by Gasteiger charge is -2.12. The van der Waals surface area contributed by atoms with E-state index in [1.165, 1.54) is 18.7 Å². The number of anilines is 1. The number of alkyl halides is 3. The predicted molar refractivity (Wildman–Crippen MR) is 111 cm³/mol. The molecule has 0 spiro atoms. The lowest BCUT2D eigenvalue weighted by atomic mass is 10.2. The number of hydrogen-bond acceptors (Lipinski definition) is 6. The lowest BCUT2D eigenvalue weighted by Crippen LogP contribution is -2.37. The topological polar surface area (TPSA) is 98.9 Å². The van der Waals surface area contributed by atoms with Crippen LogP contribution in [0, 0.1) is 6.92 Å². The summed E-state index contributed by atoms with van der Waals surface area (Å²) in [6.45, 7) is 1.56. The van der Waals surface area contributed by atoms with Gasteiger partial charge in [0.05, 0.1) is 22.0 Å². The molecule has 0 unspecified atom stereocenters. The average molecular weight is 474 g/mol. The first-order chi connectivity index (χ1) is 14.4. The van der Waals surface area contributed by atoms with Crippen LogP contribution in [0.3, 0.4) is 0 Å². The smallest absolute Gasteiger partial charge is 0.324 e. The fraction of sp³-hybridized carbons (Fsp3) is 0.278. The number of rotatable bonds is 4. The Labute approximate surface area is 182 Å². The molecule has 0 aliphatic rings. The highest BCUT2D eigenvalue weighted by molar-refractivity contribution is 8.00. The molecular weight excluding hydrogens is 459 g/mol. The number of carbonyl (C=O) groups excluding carboxylic acids is 1. The molecule has 1 aromatic carbocycles. The van der Waals surface area contributed by atoms with Crippen molar-refractivity contribution in [1.29, 1.82) is 0 Å². The number of nitrogens with one attached hydrogen (secondary N) is 1. The highest BCUT2D eigenvalue weighted by Crippen LogP contribution is 2.34. The Hall–Kier alpha value is -2.86. The summed E-state index contributed by atoms with van der Waals surface area (Å²) in [6.07, 6.45) is -4.59. The van der Waals surface area contributed by atoms with Gasteiger partial charge in [-0.05, 0) is 25.1 Å². The van der Waals surface area contributed by atoms with Gasteiger partial charge in [-0.25, -0.2) is 14.8 Å². The van der Waals surface area contributed by atoms with E-state index >= 15 is 0 Å². The molecule has 0 aliphatic carbocycles. The zero-order valence-electron chi connectivity index (χ0n) is 16.4. The molecule has 13 heteroatoms. The number of aryl methyl sites for hydroxylation is 2. The maximum absolute atomic E-state index is 12.9. The normalized spacial score (nSPS) is 11.7. The van der Waals surface area contributed by atoms with Gasteiger partial charge >= 0.3 is 11.9 Å². The number of carbonyl (C=O) groups is 1. The van der Waals surface area contributed by atoms with Gasteiger partial charge in [0.1, 0.15) is 16.2 Å². The Morgan fingerprint density at radius 1 is 1.19 bits per heavy atom. The van der Waals surface area contributed by atoms with E-state index in [4.69, 9.17) is 11.6 Å². The Morgan fingerprint density at radius 2 is 1.87 bits per heavy atom. The standard InChI is InChI=1S/C18H15ClF3N5O3S/c1-8-23-14-13(16(29)27(3)17(30)26(14)2)15(24-8)31-7-12(28)25-11-6-9(18(20,21)22)4-5-10(11)19/h4-6H,7H2,1-3H3,(H,25,28). The highest BCUT2D eigenvalue weighted by atomic mass is 35.5. The van der Waals surface area contributed by atoms with Crippen molar-refractivity contribution in [3.05, 3.63) is 55.4 Å². The van der Waals surface area contributed by atoms with Crippen molar-refractivity contribution in [1.82, 2.24) is 19.1 Å². The summed E-state index contributed by atoms with van der Waals surface area (Å²) in [5.74, 6) is -0.652. The van der Waals surface area contributed by atoms with E-state index in [0.29, 0.717) is 0 Å². The summed E-state index contributed by atoms with van der Waals surface area (Å²) in [7, 11) is 2.76. The van der Waals surface area contributed by atoms with Gasteiger partial charge in [-0.2, -0.15) is 13.2 Å². The van der Waals surface area contributed by atoms with Crippen molar-refractivity contribution in [2.45, 2.75) is 18.1 Å². The SMILES string of the molecule is Cc1nc(SCC(=O)Nc2cc(C(F)(F)F)ccc2Cl)c2c(=O)n(C)c(=O)n(C)c2n1. The second-order valence-corrected chi connectivity index (χ2v) is 7.88. The van der Waals surface area contributed by atoms with Gasteiger partial charge in [-0.1, -0.05) is 23.4 Å². The summed E-state index contributed by atoms with van der Waals surface area (Å²) >= 11 is 6.78. The molecule has 2 heterocycles. The second-order valence-electron chi connectivity index (χ2n) is 6.51. The molecule has 0 radical (unpaired) electrons. The molecule has 3 aromatic rings. The molecule has 0 atom stereocenters. The van der Waals surface area contributed by atoms with Crippen molar-refractivity contribution < 1.29 is 18.0 Å². The molecule has 31 heavy (non-hydrogen) atoms. The van der Waals surface area contributed by atoms with Crippen molar-refractivity contribution >= 4 is 46.0 Å². The van der Waals surface area contributed by atoms with Gasteiger partial charge in [0, 0.05) is 14.1 Å². The minimum atomic E-state index is -4.59. The first kappa shape index (κ1) is 22.8. The fourth-order valence-corrected chi connectivity index (χ4v) is 3.78. The van der Waals surface area contributed by atoms with E-state index in [2.05, 4.69) is 15.3 Å². The minimum Gasteiger partial charge on any atom is -0.324 e. The van der Waals surface area contributed by atoms with Crippen LogP contribution in [0.25, 0.3) is 11.0 Å². The van der Waals surface area contributed by atoms with Crippen LogP contribution in [0.2, 0.25) is 5.02 Å². The molecule has 3 rings (SSSR count). The molecular formula is C18H15ClF3N5O3S. The summed E-state index contributed by atoms with van der Waals surface area (Å²) in [5, 5.41) is 2.50. The summed E-state index contributed by atoms with van der Waals surface area (Å²) in [4.78, 5) is 45.4. The van der Waals surface area contributed by atoms with Gasteiger partial charge in [-0.3, -0.25) is 18.7 Å². The number of thioether (sulfide) groups is 1. The Bertz CT molecular complexity index is 1320. The monoisotopic (exact) mass is 473 g/mol. The maximum Gasteiger partial charge on any atom is 0.416 e. The van der Waals surface area contributed by atoms with Crippen LogP contribution in [0.5, 0.6) is 0 Å². The van der Waals surface area contributed by atoms with Crippen LogP contribution in [-0.2, 0) is 25.1 Å². The third-order valence-electron chi connectivity index (χ3n) is 4.29. The first-order valence-corrected chi connectivity index (χ1v) is 10.00. The number of amides is 1. The van der Waals surface area contributed by atoms with Gasteiger partial charge in [0.25, 0.3) is 5.56 Å². The number of fused-ring (bicyclic) bond motifs is 1. The van der Waals surface area contributed by atoms with Gasteiger partial charge < -0.3 is 5.32 Å². The van der Waals surface area contributed by atoms with Crippen molar-refractivity contribution in [2.24, 2.45) is 14.1 Å². The van der Waals surface area contributed by atoms with Crippen molar-refractivity contribution in [2.75, 3.05) is 11.1 Å².